The molecule has 1 heterocycles. The summed E-state index contributed by atoms with van der Waals surface area (Å²) in [6.07, 6.45) is 8.53. The fourth-order valence-electron chi connectivity index (χ4n) is 7.49. The molecule has 5 nitrogen and oxygen atoms in total. The summed E-state index contributed by atoms with van der Waals surface area (Å²) in [6, 6.07) is 5.76. The van der Waals surface area contributed by atoms with Gasteiger partial charge < -0.3 is 15.1 Å². The molecule has 0 atom stereocenters. The van der Waals surface area contributed by atoms with Gasteiger partial charge >= 0.3 is 0 Å². The highest BCUT2D eigenvalue weighted by molar-refractivity contribution is 6.34. The maximum atomic E-state index is 13.2. The Hall–Kier alpha value is -1.75. The highest BCUT2D eigenvalue weighted by atomic mass is 35.5. The number of anilines is 2. The highest BCUT2D eigenvalue weighted by Crippen LogP contribution is 2.61. The zero-order valence-electron chi connectivity index (χ0n) is 19.4. The van der Waals surface area contributed by atoms with Gasteiger partial charge in [-0.15, -0.1) is 0 Å². The second-order valence-electron chi connectivity index (χ2n) is 11.2. The van der Waals surface area contributed by atoms with Crippen molar-refractivity contribution in [2.75, 3.05) is 36.4 Å². The Labute approximate surface area is 196 Å². The quantitative estimate of drug-likeness (QED) is 0.661. The van der Waals surface area contributed by atoms with E-state index in [4.69, 9.17) is 11.6 Å². The molecule has 1 saturated heterocycles. The van der Waals surface area contributed by atoms with Crippen LogP contribution in [0.3, 0.4) is 0 Å². The minimum atomic E-state index is 0.0151. The Morgan fingerprint density at radius 2 is 1.62 bits per heavy atom. The Bertz CT molecular complexity index is 856. The molecule has 174 valence electrons. The minimum absolute atomic E-state index is 0.0151. The molecular weight excluding hydrogens is 422 g/mol. The number of nitrogens with one attached hydrogen (secondary N) is 1. The van der Waals surface area contributed by atoms with Crippen LogP contribution in [-0.4, -0.2) is 42.9 Å². The van der Waals surface area contributed by atoms with E-state index in [-0.39, 0.29) is 23.1 Å². The van der Waals surface area contributed by atoms with E-state index in [1.54, 1.807) is 0 Å². The number of carbonyl (C=O) groups excluding carboxylic acids is 2. The Morgan fingerprint density at radius 3 is 2.19 bits per heavy atom. The second kappa shape index (κ2) is 8.55. The number of rotatable bonds is 5. The van der Waals surface area contributed by atoms with E-state index in [9.17, 15) is 9.59 Å². The molecular formula is C26H36ClN3O2. The molecule has 6 rings (SSSR count). The van der Waals surface area contributed by atoms with Gasteiger partial charge in [-0.25, -0.2) is 0 Å². The molecule has 0 radical (unpaired) electrons. The zero-order chi connectivity index (χ0) is 22.5. The molecule has 0 spiro atoms. The third-order valence-electron chi connectivity index (χ3n) is 8.36. The van der Waals surface area contributed by atoms with Crippen molar-refractivity contribution in [1.82, 2.24) is 4.90 Å². The first-order valence-electron chi connectivity index (χ1n) is 12.4. The van der Waals surface area contributed by atoms with E-state index in [0.29, 0.717) is 24.5 Å². The maximum absolute atomic E-state index is 13.2. The Morgan fingerprint density at radius 1 is 1.03 bits per heavy atom. The topological polar surface area (TPSA) is 52.7 Å². The van der Waals surface area contributed by atoms with Crippen LogP contribution >= 0.6 is 11.6 Å². The monoisotopic (exact) mass is 457 g/mol. The molecule has 2 amide bonds. The van der Waals surface area contributed by atoms with Crippen LogP contribution in [0.15, 0.2) is 18.2 Å². The van der Waals surface area contributed by atoms with E-state index >= 15 is 0 Å². The van der Waals surface area contributed by atoms with Crippen LogP contribution in [0.25, 0.3) is 0 Å². The normalized spacial score (nSPS) is 31.3. The highest BCUT2D eigenvalue weighted by Gasteiger charge is 2.51. The SMILES string of the molecule is CC(C)C(=O)N1CCN(c2c(Cl)cccc2NC(=O)CC23CC4CC(CC(C4)C2)C3)CC1. The van der Waals surface area contributed by atoms with Crippen molar-refractivity contribution in [3.05, 3.63) is 23.2 Å². The molecule has 1 aliphatic heterocycles. The fraction of sp³-hybridized carbons (Fsp3) is 0.692. The third-order valence-corrected chi connectivity index (χ3v) is 8.67. The van der Waals surface area contributed by atoms with Gasteiger partial charge in [-0.1, -0.05) is 31.5 Å². The molecule has 1 aromatic carbocycles. The van der Waals surface area contributed by atoms with Crippen molar-refractivity contribution in [3.63, 3.8) is 0 Å². The largest absolute Gasteiger partial charge is 0.365 e. The van der Waals surface area contributed by atoms with Crippen LogP contribution in [0, 0.1) is 29.1 Å². The summed E-state index contributed by atoms with van der Waals surface area (Å²) in [5.41, 5.74) is 1.92. The van der Waals surface area contributed by atoms with Crippen molar-refractivity contribution in [3.8, 4) is 0 Å². The van der Waals surface area contributed by atoms with Crippen LogP contribution in [0.2, 0.25) is 5.02 Å². The predicted molar refractivity (Wildman–Crippen MR) is 129 cm³/mol. The van der Waals surface area contributed by atoms with Crippen molar-refractivity contribution >= 4 is 34.8 Å². The Balaban J connectivity index is 1.27. The smallest absolute Gasteiger partial charge is 0.225 e. The molecule has 5 aliphatic rings. The van der Waals surface area contributed by atoms with Gasteiger partial charge in [-0.2, -0.15) is 0 Å². The van der Waals surface area contributed by atoms with E-state index in [1.165, 1.54) is 38.5 Å². The first-order chi connectivity index (χ1) is 15.3. The fourth-order valence-corrected chi connectivity index (χ4v) is 7.79. The minimum Gasteiger partial charge on any atom is -0.365 e. The van der Waals surface area contributed by atoms with Crippen molar-refractivity contribution in [2.24, 2.45) is 29.1 Å². The summed E-state index contributed by atoms with van der Waals surface area (Å²) in [5, 5.41) is 3.88. The molecule has 6 heteroatoms. The van der Waals surface area contributed by atoms with E-state index in [1.807, 2.05) is 36.9 Å². The zero-order valence-corrected chi connectivity index (χ0v) is 20.2. The average molecular weight is 458 g/mol. The number of para-hydroxylation sites is 1. The number of piperazine rings is 1. The first kappa shape index (κ1) is 22.1. The van der Waals surface area contributed by atoms with E-state index in [0.717, 1.165) is 42.2 Å². The lowest BCUT2D eigenvalue weighted by molar-refractivity contribution is -0.134. The summed E-state index contributed by atoms with van der Waals surface area (Å²) >= 11 is 6.62. The maximum Gasteiger partial charge on any atom is 0.225 e. The molecule has 4 bridgehead atoms. The number of hydrogen-bond donors (Lipinski definition) is 1. The average Bonchev–Trinajstić information content (AvgIpc) is 2.72. The molecule has 4 saturated carbocycles. The number of carbonyl (C=O) groups is 2. The molecule has 0 unspecified atom stereocenters. The standard InChI is InChI=1S/C26H36ClN3O2/c1-17(2)25(32)30-8-6-29(7-9-30)24-21(27)4-3-5-22(24)28-23(31)16-26-13-18-10-19(14-26)12-20(11-18)15-26/h3-5,17-20H,6-16H2,1-2H3,(H,28,31). The van der Waals surface area contributed by atoms with Crippen molar-refractivity contribution in [2.45, 2.75) is 58.8 Å². The van der Waals surface area contributed by atoms with Gasteiger partial charge in [0.05, 0.1) is 16.4 Å². The van der Waals surface area contributed by atoms with E-state index < -0.39 is 0 Å². The van der Waals surface area contributed by atoms with Gasteiger partial charge in [-0.3, -0.25) is 9.59 Å². The van der Waals surface area contributed by atoms with Gasteiger partial charge in [0, 0.05) is 38.5 Å². The number of benzene rings is 1. The molecule has 32 heavy (non-hydrogen) atoms. The lowest BCUT2D eigenvalue weighted by atomic mass is 9.49. The first-order valence-corrected chi connectivity index (χ1v) is 12.8. The lowest BCUT2D eigenvalue weighted by Crippen LogP contribution is -2.50. The summed E-state index contributed by atoms with van der Waals surface area (Å²) in [7, 11) is 0. The third kappa shape index (κ3) is 4.25. The van der Waals surface area contributed by atoms with Crippen LogP contribution in [0.4, 0.5) is 11.4 Å². The summed E-state index contributed by atoms with van der Waals surface area (Å²) in [6.45, 7) is 6.70. The second-order valence-corrected chi connectivity index (χ2v) is 11.7. The molecule has 1 N–H and O–H groups in total. The van der Waals surface area contributed by atoms with Gasteiger partial charge in [-0.05, 0) is 73.8 Å². The number of halogens is 1. The van der Waals surface area contributed by atoms with Gasteiger partial charge in [0.1, 0.15) is 0 Å². The van der Waals surface area contributed by atoms with Crippen LogP contribution < -0.4 is 10.2 Å². The summed E-state index contributed by atoms with van der Waals surface area (Å²) in [5.74, 6) is 2.89. The number of hydrogen-bond acceptors (Lipinski definition) is 3. The predicted octanol–water partition coefficient (Wildman–Crippen LogP) is 5.19. The lowest BCUT2D eigenvalue weighted by Gasteiger charge is -2.56. The molecule has 0 aromatic heterocycles. The van der Waals surface area contributed by atoms with Gasteiger partial charge in [0.25, 0.3) is 0 Å². The molecule has 1 aromatic rings. The summed E-state index contributed by atoms with van der Waals surface area (Å²) in [4.78, 5) is 29.7. The molecule has 4 aliphatic carbocycles. The number of amides is 2. The van der Waals surface area contributed by atoms with E-state index in [2.05, 4.69) is 10.2 Å². The van der Waals surface area contributed by atoms with Crippen molar-refractivity contribution in [1.29, 1.82) is 0 Å². The van der Waals surface area contributed by atoms with Crippen LogP contribution in [0.5, 0.6) is 0 Å². The Kier molecular flexibility index (Phi) is 5.90. The van der Waals surface area contributed by atoms with Crippen molar-refractivity contribution < 1.29 is 9.59 Å². The molecule has 5 fully saturated rings. The van der Waals surface area contributed by atoms with Crippen LogP contribution in [0.1, 0.15) is 58.8 Å². The van der Waals surface area contributed by atoms with Gasteiger partial charge in [0.2, 0.25) is 11.8 Å². The van der Waals surface area contributed by atoms with Crippen LogP contribution in [-0.2, 0) is 9.59 Å². The number of nitrogens with zero attached hydrogens (tertiary/aromatic N) is 2. The van der Waals surface area contributed by atoms with Gasteiger partial charge in [0.15, 0.2) is 0 Å². The summed E-state index contributed by atoms with van der Waals surface area (Å²) < 4.78 is 0.